The van der Waals surface area contributed by atoms with E-state index in [2.05, 4.69) is 16.8 Å². The molecule has 1 fully saturated rings. The molecule has 2 aromatic carbocycles. The van der Waals surface area contributed by atoms with Crippen LogP contribution in [-0.2, 0) is 10.3 Å². The molecule has 1 heterocycles. The molecule has 6 N–H and O–H groups in total. The number of nitrogens with zero attached hydrogens (tertiary/aromatic N) is 2. The van der Waals surface area contributed by atoms with Gasteiger partial charge >= 0.3 is 0 Å². The van der Waals surface area contributed by atoms with Gasteiger partial charge in [-0.05, 0) is 42.4 Å². The van der Waals surface area contributed by atoms with Crippen molar-refractivity contribution in [1.82, 2.24) is 9.80 Å². The van der Waals surface area contributed by atoms with Crippen molar-refractivity contribution in [2.24, 2.45) is 5.73 Å². The van der Waals surface area contributed by atoms with Crippen LogP contribution in [0.25, 0.3) is 0 Å². The molecule has 2 aromatic rings. The Morgan fingerprint density at radius 1 is 0.840 bits per heavy atom. The lowest BCUT2D eigenvalue weighted by Crippen LogP contribution is -2.60. The van der Waals surface area contributed by atoms with E-state index in [9.17, 15) is 4.79 Å². The van der Waals surface area contributed by atoms with E-state index >= 15 is 0 Å². The maximum atomic E-state index is 12.9. The maximum Gasteiger partial charge on any atom is 0.247 e. The predicted octanol–water partition coefficient (Wildman–Crippen LogP) is 0.827. The fourth-order valence-electron chi connectivity index (χ4n) is 3.56. The lowest BCUT2D eigenvalue weighted by Gasteiger charge is -2.46. The first-order chi connectivity index (χ1) is 11.9. The van der Waals surface area contributed by atoms with E-state index in [0.29, 0.717) is 11.4 Å². The van der Waals surface area contributed by atoms with Gasteiger partial charge in [-0.2, -0.15) is 0 Å². The lowest BCUT2D eigenvalue weighted by molar-refractivity contribution is -0.129. The van der Waals surface area contributed by atoms with Gasteiger partial charge in [-0.1, -0.05) is 24.3 Å². The Balaban J connectivity index is 2.19. The van der Waals surface area contributed by atoms with Gasteiger partial charge in [0.25, 0.3) is 0 Å². The third kappa shape index (κ3) is 3.06. The van der Waals surface area contributed by atoms with Crippen LogP contribution in [0.2, 0.25) is 0 Å². The van der Waals surface area contributed by atoms with Gasteiger partial charge in [0.1, 0.15) is 0 Å². The Labute approximate surface area is 148 Å². The number of amides is 1. The molecule has 0 aromatic heterocycles. The van der Waals surface area contributed by atoms with Crippen molar-refractivity contribution in [2.75, 3.05) is 44.7 Å². The van der Waals surface area contributed by atoms with Crippen LogP contribution in [0.1, 0.15) is 11.1 Å². The zero-order valence-corrected chi connectivity index (χ0v) is 14.5. The molecule has 0 radical (unpaired) electrons. The number of anilines is 2. The third-order valence-electron chi connectivity index (χ3n) is 4.99. The van der Waals surface area contributed by atoms with Crippen LogP contribution in [0.5, 0.6) is 0 Å². The Morgan fingerprint density at radius 3 is 1.60 bits per heavy atom. The van der Waals surface area contributed by atoms with E-state index in [1.807, 2.05) is 24.3 Å². The average molecular weight is 339 g/mol. The summed E-state index contributed by atoms with van der Waals surface area (Å²) in [6, 6.07) is 14.8. The van der Waals surface area contributed by atoms with Crippen molar-refractivity contribution < 1.29 is 4.79 Å². The number of benzene rings is 2. The lowest BCUT2D eigenvalue weighted by atomic mass is 9.79. The maximum absolute atomic E-state index is 12.9. The summed E-state index contributed by atoms with van der Waals surface area (Å²) in [4.78, 5) is 17.3. The number of likely N-dealkylation sites (N-methyl/N-ethyl adjacent to an activating group) is 1. The van der Waals surface area contributed by atoms with Gasteiger partial charge in [0, 0.05) is 37.6 Å². The molecule has 132 valence electrons. The zero-order valence-electron chi connectivity index (χ0n) is 14.5. The monoisotopic (exact) mass is 339 g/mol. The highest BCUT2D eigenvalue weighted by Gasteiger charge is 2.46. The molecule has 0 spiro atoms. The molecule has 1 amide bonds. The van der Waals surface area contributed by atoms with E-state index in [1.165, 1.54) is 0 Å². The molecule has 0 bridgehead atoms. The Kier molecular flexibility index (Phi) is 4.65. The second kappa shape index (κ2) is 6.74. The fraction of sp³-hybridized carbons (Fsp3) is 0.316. The first-order valence-corrected chi connectivity index (χ1v) is 8.40. The number of nitrogen functional groups attached to an aromatic ring is 2. The minimum Gasteiger partial charge on any atom is -0.399 e. The SMILES string of the molecule is CN1CCN(C(C(N)=O)(c2ccc(N)cc2)c2ccc(N)cc2)CC1. The zero-order chi connectivity index (χ0) is 18.0. The number of carbonyl (C=O) groups excluding carboxylic acids is 1. The third-order valence-corrected chi connectivity index (χ3v) is 4.99. The Hall–Kier alpha value is -2.57. The molecule has 1 aliphatic rings. The number of hydrogen-bond donors (Lipinski definition) is 3. The smallest absolute Gasteiger partial charge is 0.247 e. The first-order valence-electron chi connectivity index (χ1n) is 8.40. The highest BCUT2D eigenvalue weighted by Crippen LogP contribution is 2.37. The number of nitrogens with two attached hydrogens (primary N) is 3. The van der Waals surface area contributed by atoms with Gasteiger partial charge in [0.2, 0.25) is 5.91 Å². The summed E-state index contributed by atoms with van der Waals surface area (Å²) in [5.74, 6) is -0.397. The van der Waals surface area contributed by atoms with Crippen LogP contribution in [0.3, 0.4) is 0 Å². The number of carbonyl (C=O) groups is 1. The predicted molar refractivity (Wildman–Crippen MR) is 101 cm³/mol. The van der Waals surface area contributed by atoms with Crippen LogP contribution in [0.15, 0.2) is 48.5 Å². The number of hydrogen-bond acceptors (Lipinski definition) is 5. The second-order valence-corrected chi connectivity index (χ2v) is 6.61. The first kappa shape index (κ1) is 17.3. The molecular formula is C19H25N5O. The summed E-state index contributed by atoms with van der Waals surface area (Å²) in [6.45, 7) is 3.24. The van der Waals surface area contributed by atoms with Crippen molar-refractivity contribution in [3.63, 3.8) is 0 Å². The fourth-order valence-corrected chi connectivity index (χ4v) is 3.56. The molecule has 25 heavy (non-hydrogen) atoms. The minimum absolute atomic E-state index is 0.397. The van der Waals surface area contributed by atoms with Crippen LogP contribution >= 0.6 is 0 Å². The van der Waals surface area contributed by atoms with Gasteiger partial charge in [0.05, 0.1) is 0 Å². The van der Waals surface area contributed by atoms with Crippen molar-refractivity contribution in [1.29, 1.82) is 0 Å². The molecule has 0 unspecified atom stereocenters. The molecule has 6 nitrogen and oxygen atoms in total. The van der Waals surface area contributed by atoms with E-state index in [-0.39, 0.29) is 0 Å². The highest BCUT2D eigenvalue weighted by molar-refractivity contribution is 5.90. The highest BCUT2D eigenvalue weighted by atomic mass is 16.1. The van der Waals surface area contributed by atoms with Gasteiger partial charge in [0.15, 0.2) is 5.54 Å². The quantitative estimate of drug-likeness (QED) is 0.716. The summed E-state index contributed by atoms with van der Waals surface area (Å²) < 4.78 is 0. The minimum atomic E-state index is -1.04. The average Bonchev–Trinajstić information content (AvgIpc) is 2.60. The number of primary amides is 1. The molecule has 6 heteroatoms. The van der Waals surface area contributed by atoms with Gasteiger partial charge < -0.3 is 22.1 Å². The Morgan fingerprint density at radius 2 is 1.24 bits per heavy atom. The van der Waals surface area contributed by atoms with Gasteiger partial charge in [-0.25, -0.2) is 0 Å². The normalized spacial score (nSPS) is 16.7. The van der Waals surface area contributed by atoms with E-state index < -0.39 is 11.4 Å². The summed E-state index contributed by atoms with van der Waals surface area (Å²) in [7, 11) is 2.08. The molecule has 0 saturated carbocycles. The van der Waals surface area contributed by atoms with Crippen LogP contribution in [0.4, 0.5) is 11.4 Å². The topological polar surface area (TPSA) is 102 Å². The van der Waals surface area contributed by atoms with Crippen LogP contribution in [0, 0.1) is 0 Å². The molecule has 0 atom stereocenters. The molecule has 1 aliphatic heterocycles. The Bertz CT molecular complexity index is 688. The molecule has 1 saturated heterocycles. The summed E-state index contributed by atoms with van der Waals surface area (Å²) in [6.07, 6.45) is 0. The standard InChI is InChI=1S/C19H25N5O/c1-23-10-12-24(13-11-23)19(18(22)25,14-2-6-16(20)7-3-14)15-4-8-17(21)9-5-15/h2-9H,10-13,20-21H2,1H3,(H2,22,25). The van der Waals surface area contributed by atoms with Crippen molar-refractivity contribution in [3.05, 3.63) is 59.7 Å². The van der Waals surface area contributed by atoms with E-state index in [1.54, 1.807) is 24.3 Å². The molecular weight excluding hydrogens is 314 g/mol. The van der Waals surface area contributed by atoms with E-state index in [4.69, 9.17) is 17.2 Å². The van der Waals surface area contributed by atoms with Crippen molar-refractivity contribution in [3.8, 4) is 0 Å². The summed E-state index contributed by atoms with van der Waals surface area (Å²) >= 11 is 0. The van der Waals surface area contributed by atoms with Crippen molar-refractivity contribution >= 4 is 17.3 Å². The van der Waals surface area contributed by atoms with Gasteiger partial charge in [-0.15, -0.1) is 0 Å². The molecule has 3 rings (SSSR count). The second-order valence-electron chi connectivity index (χ2n) is 6.61. The van der Waals surface area contributed by atoms with Gasteiger partial charge in [-0.3, -0.25) is 9.69 Å². The summed E-state index contributed by atoms with van der Waals surface area (Å²) in [5.41, 5.74) is 19.6. The van der Waals surface area contributed by atoms with Crippen LogP contribution in [-0.4, -0.2) is 48.9 Å². The number of piperazine rings is 1. The summed E-state index contributed by atoms with van der Waals surface area (Å²) in [5, 5.41) is 0. The van der Waals surface area contributed by atoms with Crippen LogP contribution < -0.4 is 17.2 Å². The van der Waals surface area contributed by atoms with E-state index in [0.717, 1.165) is 37.3 Å². The molecule has 0 aliphatic carbocycles. The van der Waals surface area contributed by atoms with Crippen molar-refractivity contribution in [2.45, 2.75) is 5.54 Å². The number of rotatable bonds is 4. The largest absolute Gasteiger partial charge is 0.399 e.